The first-order valence-corrected chi connectivity index (χ1v) is 37.6. The average Bonchev–Trinajstić information content (AvgIpc) is 3.65. The molecule has 1 amide bonds. The number of esters is 1. The van der Waals surface area contributed by atoms with E-state index in [0.29, 0.717) is 17.4 Å². The van der Waals surface area contributed by atoms with Crippen molar-refractivity contribution in [3.63, 3.8) is 0 Å². The maximum atomic E-state index is 13.6. The Morgan fingerprint density at radius 1 is 0.407 bits per heavy atom. The maximum Gasteiger partial charge on any atom is 0.472 e. The Labute approximate surface area is 532 Å². The van der Waals surface area contributed by atoms with Crippen LogP contribution in [0.4, 0.5) is 0 Å². The number of hydrogen-bond acceptors (Lipinski definition) is 6. The number of unbranched alkanes of at least 4 members (excludes halogenated alkanes) is 35. The number of quaternary nitrogens is 1. The third kappa shape index (κ3) is 65.4. The van der Waals surface area contributed by atoms with Crippen molar-refractivity contribution < 1.29 is 37.3 Å². The fourth-order valence-electron chi connectivity index (χ4n) is 10.2. The van der Waals surface area contributed by atoms with Gasteiger partial charge in [0, 0.05) is 12.8 Å². The van der Waals surface area contributed by atoms with Gasteiger partial charge in [-0.1, -0.05) is 292 Å². The van der Waals surface area contributed by atoms with Crippen molar-refractivity contribution in [1.29, 1.82) is 0 Å². The number of ether oxygens (including phenoxy) is 1. The monoisotopic (exact) mass is 1220 g/mol. The van der Waals surface area contributed by atoms with Crippen LogP contribution in [-0.4, -0.2) is 74.3 Å². The highest BCUT2D eigenvalue weighted by molar-refractivity contribution is 7.47. The van der Waals surface area contributed by atoms with Crippen LogP contribution in [0.3, 0.4) is 0 Å². The number of nitrogens with one attached hydrogen (secondary N) is 1. The third-order valence-corrected chi connectivity index (χ3v) is 16.7. The summed E-state index contributed by atoms with van der Waals surface area (Å²) in [5.74, 6) is -0.513. The SMILES string of the molecule is CCCCC/C=C\C/C=C\C/C=C\C/C=C\CCCCCCCCCCCCCC(=O)OC(/C=C\CCCCCCCCCCCC)C(COP(=O)(O)OCC[N+](C)(C)C)NC(=O)CCCCCCCCCC/C=C\C/C=C\C/C=C\CCCCC. The van der Waals surface area contributed by atoms with Crippen LogP contribution in [0.2, 0.25) is 0 Å². The number of carbonyl (C=O) groups excluding carboxylic acids is 2. The molecule has 0 aliphatic carbocycles. The average molecular weight is 1220 g/mol. The molecule has 3 atom stereocenters. The van der Waals surface area contributed by atoms with Gasteiger partial charge >= 0.3 is 13.8 Å². The first-order chi connectivity index (χ1) is 41.9. The largest absolute Gasteiger partial charge is 0.472 e. The first-order valence-electron chi connectivity index (χ1n) is 36.1. The van der Waals surface area contributed by atoms with Gasteiger partial charge in [-0.2, -0.15) is 0 Å². The van der Waals surface area contributed by atoms with E-state index >= 15 is 0 Å². The van der Waals surface area contributed by atoms with Gasteiger partial charge in [-0.25, -0.2) is 4.57 Å². The molecule has 0 radical (unpaired) electrons. The molecular weight excluding hydrogens is 1080 g/mol. The Hall–Kier alpha value is -3.07. The van der Waals surface area contributed by atoms with Crippen molar-refractivity contribution in [2.75, 3.05) is 40.9 Å². The van der Waals surface area contributed by atoms with E-state index in [4.69, 9.17) is 13.8 Å². The van der Waals surface area contributed by atoms with E-state index in [1.165, 1.54) is 186 Å². The molecule has 0 spiro atoms. The number of nitrogens with zero attached hydrogens (tertiary/aromatic N) is 1. The number of carbonyl (C=O) groups is 2. The topological polar surface area (TPSA) is 111 Å². The van der Waals surface area contributed by atoms with Gasteiger partial charge in [0.25, 0.3) is 0 Å². The summed E-state index contributed by atoms with van der Waals surface area (Å²) in [6.07, 6.45) is 88.4. The second-order valence-electron chi connectivity index (χ2n) is 25.4. The number of likely N-dealkylation sites (N-methyl/N-ethyl adjacent to an activating group) is 1. The molecule has 498 valence electrons. The van der Waals surface area contributed by atoms with Crippen LogP contribution >= 0.6 is 7.82 Å². The lowest BCUT2D eigenvalue weighted by atomic mass is 10.0. The van der Waals surface area contributed by atoms with Crippen LogP contribution in [-0.2, 0) is 27.9 Å². The van der Waals surface area contributed by atoms with Gasteiger partial charge in [0.1, 0.15) is 19.3 Å². The predicted octanol–water partition coefficient (Wildman–Crippen LogP) is 23.1. The minimum Gasteiger partial charge on any atom is -0.456 e. The highest BCUT2D eigenvalue weighted by Gasteiger charge is 2.30. The Balaban J connectivity index is 5.07. The molecule has 86 heavy (non-hydrogen) atoms. The van der Waals surface area contributed by atoms with Crippen LogP contribution in [0.1, 0.15) is 323 Å². The molecule has 0 aliphatic heterocycles. The Morgan fingerprint density at radius 2 is 0.709 bits per heavy atom. The van der Waals surface area contributed by atoms with Gasteiger partial charge in [-0.15, -0.1) is 0 Å². The molecule has 2 N–H and O–H groups in total. The lowest BCUT2D eigenvalue weighted by Crippen LogP contribution is -2.47. The molecule has 0 fully saturated rings. The molecule has 0 aliphatic rings. The summed E-state index contributed by atoms with van der Waals surface area (Å²) in [6, 6.07) is -0.860. The summed E-state index contributed by atoms with van der Waals surface area (Å²) in [4.78, 5) is 37.9. The van der Waals surface area contributed by atoms with Crippen LogP contribution in [0.5, 0.6) is 0 Å². The van der Waals surface area contributed by atoms with Crippen molar-refractivity contribution in [2.24, 2.45) is 0 Å². The van der Waals surface area contributed by atoms with Crippen molar-refractivity contribution >= 4 is 19.7 Å². The Bertz CT molecular complexity index is 1790. The van der Waals surface area contributed by atoms with Gasteiger partial charge in [0.2, 0.25) is 5.91 Å². The van der Waals surface area contributed by atoms with E-state index < -0.39 is 20.0 Å². The highest BCUT2D eigenvalue weighted by Crippen LogP contribution is 2.43. The maximum absolute atomic E-state index is 13.6. The Kier molecular flexibility index (Phi) is 62.6. The van der Waals surface area contributed by atoms with Crippen molar-refractivity contribution in [3.05, 3.63) is 97.2 Å². The van der Waals surface area contributed by atoms with Gasteiger partial charge in [0.15, 0.2) is 0 Å². The number of hydrogen-bond donors (Lipinski definition) is 2. The minimum absolute atomic E-state index is 0.0347. The summed E-state index contributed by atoms with van der Waals surface area (Å²) in [5.41, 5.74) is 0. The fraction of sp³-hybridized carbons (Fsp3) is 0.763. The number of amides is 1. The van der Waals surface area contributed by atoms with E-state index in [0.717, 1.165) is 103 Å². The van der Waals surface area contributed by atoms with E-state index in [1.807, 2.05) is 33.3 Å². The highest BCUT2D eigenvalue weighted by atomic mass is 31.2. The van der Waals surface area contributed by atoms with Crippen molar-refractivity contribution in [2.45, 2.75) is 335 Å². The Morgan fingerprint density at radius 3 is 1.08 bits per heavy atom. The molecule has 0 saturated heterocycles. The molecule has 0 aromatic rings. The quantitative estimate of drug-likeness (QED) is 0.0205. The molecule has 0 saturated carbocycles. The first kappa shape index (κ1) is 82.9. The van der Waals surface area contributed by atoms with Crippen LogP contribution < -0.4 is 5.32 Å². The third-order valence-electron chi connectivity index (χ3n) is 15.7. The number of phosphoric ester groups is 1. The second kappa shape index (κ2) is 64.9. The predicted molar refractivity (Wildman–Crippen MR) is 374 cm³/mol. The summed E-state index contributed by atoms with van der Waals surface area (Å²) in [6.45, 7) is 6.97. The zero-order valence-electron chi connectivity index (χ0n) is 57.0. The smallest absolute Gasteiger partial charge is 0.456 e. The molecule has 0 heterocycles. The summed E-state index contributed by atoms with van der Waals surface area (Å²) < 4.78 is 30.8. The van der Waals surface area contributed by atoms with Gasteiger partial charge in [0.05, 0.1) is 33.8 Å². The van der Waals surface area contributed by atoms with Gasteiger partial charge in [-0.05, 0) is 115 Å². The van der Waals surface area contributed by atoms with Gasteiger partial charge in [-0.3, -0.25) is 18.6 Å². The zero-order valence-corrected chi connectivity index (χ0v) is 57.9. The molecular formula is C76H138N2O7P+. The molecule has 0 rings (SSSR count). The standard InChI is InChI=1S/C76H137N2O7P/c1-7-10-13-16-19-22-25-28-30-32-34-36-37-38-39-40-41-43-45-47-49-51-54-57-60-63-66-69-76(80)85-74(67-64-61-58-55-52-27-24-21-18-15-12-9-3)73(72-84-86(81,82)83-71-70-78(4,5)6)77-75(79)68-65-62-59-56-53-50-48-46-44-42-35-33-31-29-26-23-20-17-14-11-8-2/h19-20,22-23,28-31,34-36,38-39,42,64,67,73-74H,7-18,21,24-27,32-33,37,40-41,43-63,65-66,68-72H2,1-6H3,(H-,77,79,81,82)/p+1/b22-19-,23-20-,30-28-,31-29-,36-34-,39-38-,42-35-,67-64-. The molecule has 0 aromatic heterocycles. The zero-order chi connectivity index (χ0) is 62.8. The number of rotatable bonds is 65. The van der Waals surface area contributed by atoms with Gasteiger partial charge < -0.3 is 19.4 Å². The lowest BCUT2D eigenvalue weighted by molar-refractivity contribution is -0.870. The van der Waals surface area contributed by atoms with E-state index in [-0.39, 0.29) is 31.5 Å². The van der Waals surface area contributed by atoms with Crippen molar-refractivity contribution in [1.82, 2.24) is 5.32 Å². The van der Waals surface area contributed by atoms with Crippen molar-refractivity contribution in [3.8, 4) is 0 Å². The molecule has 0 bridgehead atoms. The summed E-state index contributed by atoms with van der Waals surface area (Å²) in [5, 5.41) is 3.07. The molecule has 3 unspecified atom stereocenters. The summed E-state index contributed by atoms with van der Waals surface area (Å²) in [7, 11) is 1.49. The summed E-state index contributed by atoms with van der Waals surface area (Å²) >= 11 is 0. The molecule has 0 aromatic carbocycles. The normalized spacial score (nSPS) is 14.1. The van der Waals surface area contributed by atoms with E-state index in [9.17, 15) is 19.0 Å². The van der Waals surface area contributed by atoms with E-state index in [1.54, 1.807) is 0 Å². The minimum atomic E-state index is -4.46. The fourth-order valence-corrected chi connectivity index (χ4v) is 10.9. The van der Waals surface area contributed by atoms with E-state index in [2.05, 4.69) is 111 Å². The molecule has 9 nitrogen and oxygen atoms in total. The van der Waals surface area contributed by atoms with Crippen LogP contribution in [0, 0.1) is 0 Å². The molecule has 10 heteroatoms. The number of allylic oxidation sites excluding steroid dienone is 15. The van der Waals surface area contributed by atoms with Crippen LogP contribution in [0.25, 0.3) is 0 Å². The number of phosphoric acid groups is 1. The second-order valence-corrected chi connectivity index (χ2v) is 26.9. The lowest BCUT2D eigenvalue weighted by Gasteiger charge is -2.27. The van der Waals surface area contributed by atoms with Crippen LogP contribution in [0.15, 0.2) is 97.2 Å².